The smallest absolute Gasteiger partial charge is 0.407 e. The van der Waals surface area contributed by atoms with Crippen LogP contribution in [-0.4, -0.2) is 57.5 Å². The number of amides is 1. The van der Waals surface area contributed by atoms with Crippen molar-refractivity contribution in [2.75, 3.05) is 19.7 Å². The second-order valence-corrected chi connectivity index (χ2v) is 4.89. The Morgan fingerprint density at radius 1 is 1.42 bits per heavy atom. The highest BCUT2D eigenvalue weighted by atomic mass is 16.5. The van der Waals surface area contributed by atoms with Crippen molar-refractivity contribution in [1.82, 2.24) is 14.7 Å². The first-order valence-corrected chi connectivity index (χ1v) is 6.33. The van der Waals surface area contributed by atoms with Crippen LogP contribution in [0.25, 0.3) is 0 Å². The lowest BCUT2D eigenvalue weighted by atomic mass is 10.1. The van der Waals surface area contributed by atoms with Crippen molar-refractivity contribution in [2.24, 2.45) is 0 Å². The molecule has 1 atom stereocenters. The molecule has 1 amide bonds. The van der Waals surface area contributed by atoms with E-state index in [1.165, 1.54) is 11.1 Å². The van der Waals surface area contributed by atoms with Gasteiger partial charge >= 0.3 is 6.09 Å². The van der Waals surface area contributed by atoms with Gasteiger partial charge in [0.25, 0.3) is 0 Å². The molecular weight excluding hydrogens is 250 g/mol. The van der Waals surface area contributed by atoms with Crippen LogP contribution in [0.2, 0.25) is 0 Å². The molecule has 3 rings (SSSR count). The second-order valence-electron chi connectivity index (χ2n) is 4.89. The maximum atomic E-state index is 12.2. The number of hydrogen-bond donors (Lipinski definition) is 1. The van der Waals surface area contributed by atoms with E-state index in [0.717, 1.165) is 12.8 Å². The molecule has 1 aromatic heterocycles. The number of carbonyl (C=O) groups is 2. The molecule has 1 saturated carbocycles. The largest absolute Gasteiger partial charge is 0.465 e. The molecule has 1 saturated heterocycles. The fourth-order valence-corrected chi connectivity index (χ4v) is 2.17. The molecule has 0 spiro atoms. The van der Waals surface area contributed by atoms with Gasteiger partial charge in [-0.3, -0.25) is 9.48 Å². The number of hydrogen-bond acceptors (Lipinski definition) is 4. The summed E-state index contributed by atoms with van der Waals surface area (Å²) in [7, 11) is 0. The summed E-state index contributed by atoms with van der Waals surface area (Å²) in [5, 5.41) is 13.1. The van der Waals surface area contributed by atoms with E-state index in [1.54, 1.807) is 10.9 Å². The Kier molecular flexibility index (Phi) is 2.98. The zero-order valence-corrected chi connectivity index (χ0v) is 10.4. The topological polar surface area (TPSA) is 84.7 Å². The molecule has 1 aliphatic carbocycles. The van der Waals surface area contributed by atoms with Gasteiger partial charge in [0.1, 0.15) is 6.10 Å². The Hall–Kier alpha value is -1.89. The summed E-state index contributed by atoms with van der Waals surface area (Å²) >= 11 is 0. The lowest BCUT2D eigenvalue weighted by Crippen LogP contribution is -2.48. The SMILES string of the molecule is O=C(c1cnn(C2CC2)c1)[C@H]1CN(C(=O)O)CCO1. The maximum Gasteiger partial charge on any atom is 0.407 e. The molecule has 102 valence electrons. The van der Waals surface area contributed by atoms with Crippen LogP contribution in [0.15, 0.2) is 12.4 Å². The number of carbonyl (C=O) groups excluding carboxylic acids is 1. The van der Waals surface area contributed by atoms with E-state index in [1.807, 2.05) is 0 Å². The van der Waals surface area contributed by atoms with Gasteiger partial charge < -0.3 is 14.7 Å². The third-order valence-corrected chi connectivity index (χ3v) is 3.44. The average Bonchev–Trinajstić information content (AvgIpc) is 3.16. The highest BCUT2D eigenvalue weighted by Crippen LogP contribution is 2.34. The van der Waals surface area contributed by atoms with E-state index in [0.29, 0.717) is 18.2 Å². The Balaban J connectivity index is 1.69. The van der Waals surface area contributed by atoms with E-state index in [-0.39, 0.29) is 18.9 Å². The van der Waals surface area contributed by atoms with E-state index in [2.05, 4.69) is 5.10 Å². The Bertz CT molecular complexity index is 509. The number of ether oxygens (including phenoxy) is 1. The quantitative estimate of drug-likeness (QED) is 0.816. The van der Waals surface area contributed by atoms with Gasteiger partial charge in [-0.25, -0.2) is 4.79 Å². The highest BCUT2D eigenvalue weighted by molar-refractivity contribution is 5.99. The van der Waals surface area contributed by atoms with E-state index < -0.39 is 12.2 Å². The van der Waals surface area contributed by atoms with Gasteiger partial charge in [0.05, 0.1) is 31.0 Å². The molecule has 0 unspecified atom stereocenters. The molecule has 0 radical (unpaired) electrons. The zero-order chi connectivity index (χ0) is 13.4. The van der Waals surface area contributed by atoms with Crippen LogP contribution >= 0.6 is 0 Å². The molecule has 7 nitrogen and oxygen atoms in total. The van der Waals surface area contributed by atoms with Crippen LogP contribution in [0.4, 0.5) is 4.79 Å². The van der Waals surface area contributed by atoms with Crippen LogP contribution in [0.1, 0.15) is 29.2 Å². The lowest BCUT2D eigenvalue weighted by molar-refractivity contribution is -0.0111. The minimum absolute atomic E-state index is 0.0861. The number of rotatable bonds is 3. The number of carboxylic acid groups (broad SMARTS) is 1. The number of morpholine rings is 1. The van der Waals surface area contributed by atoms with Crippen LogP contribution in [0, 0.1) is 0 Å². The summed E-state index contributed by atoms with van der Waals surface area (Å²) in [6.07, 6.45) is 3.72. The van der Waals surface area contributed by atoms with Gasteiger partial charge in [-0.05, 0) is 12.8 Å². The number of ketones is 1. The second kappa shape index (κ2) is 4.65. The fourth-order valence-electron chi connectivity index (χ4n) is 2.17. The summed E-state index contributed by atoms with van der Waals surface area (Å²) < 4.78 is 7.16. The van der Waals surface area contributed by atoms with E-state index >= 15 is 0 Å². The minimum atomic E-state index is -1.02. The Morgan fingerprint density at radius 2 is 2.21 bits per heavy atom. The van der Waals surface area contributed by atoms with E-state index in [4.69, 9.17) is 9.84 Å². The Morgan fingerprint density at radius 3 is 2.89 bits per heavy atom. The molecule has 1 aliphatic heterocycles. The normalized spacial score (nSPS) is 23.4. The molecule has 2 aliphatic rings. The van der Waals surface area contributed by atoms with Gasteiger partial charge in [0.15, 0.2) is 5.78 Å². The van der Waals surface area contributed by atoms with Crippen molar-refractivity contribution >= 4 is 11.9 Å². The van der Waals surface area contributed by atoms with Crippen LogP contribution in [-0.2, 0) is 4.74 Å². The molecule has 2 fully saturated rings. The summed E-state index contributed by atoms with van der Waals surface area (Å²) in [5.74, 6) is -0.196. The molecular formula is C12H15N3O4. The fraction of sp³-hybridized carbons (Fsp3) is 0.583. The van der Waals surface area contributed by atoms with Crippen molar-refractivity contribution in [3.8, 4) is 0 Å². The first-order chi connectivity index (χ1) is 9.15. The van der Waals surface area contributed by atoms with Crippen molar-refractivity contribution in [3.63, 3.8) is 0 Å². The Labute approximate surface area is 109 Å². The molecule has 1 aromatic rings. The highest BCUT2D eigenvalue weighted by Gasteiger charge is 2.31. The predicted molar refractivity (Wildman–Crippen MR) is 64.2 cm³/mol. The molecule has 2 heterocycles. The third-order valence-electron chi connectivity index (χ3n) is 3.44. The van der Waals surface area contributed by atoms with Crippen molar-refractivity contribution in [2.45, 2.75) is 25.0 Å². The van der Waals surface area contributed by atoms with Gasteiger partial charge in [0, 0.05) is 12.7 Å². The zero-order valence-electron chi connectivity index (χ0n) is 10.4. The standard InChI is InChI=1S/C12H15N3O4/c16-11(8-5-13-15(6-8)9-1-2-9)10-7-14(12(17)18)3-4-19-10/h5-6,9-10H,1-4,7H2,(H,17,18)/t10-/m1/s1. The summed E-state index contributed by atoms with van der Waals surface area (Å²) in [6.45, 7) is 0.642. The van der Waals surface area contributed by atoms with Crippen LogP contribution in [0.5, 0.6) is 0 Å². The van der Waals surface area contributed by atoms with Crippen molar-refractivity contribution in [1.29, 1.82) is 0 Å². The predicted octanol–water partition coefficient (Wildman–Crippen LogP) is 0.780. The number of aromatic nitrogens is 2. The number of Topliss-reactive ketones (excluding diaryl/α,β-unsaturated/α-hetero) is 1. The molecule has 7 heteroatoms. The van der Waals surface area contributed by atoms with Gasteiger partial charge in [-0.1, -0.05) is 0 Å². The van der Waals surface area contributed by atoms with Gasteiger partial charge in [0.2, 0.25) is 0 Å². The minimum Gasteiger partial charge on any atom is -0.465 e. The molecule has 1 N–H and O–H groups in total. The average molecular weight is 265 g/mol. The van der Waals surface area contributed by atoms with Gasteiger partial charge in [-0.2, -0.15) is 5.10 Å². The lowest BCUT2D eigenvalue weighted by Gasteiger charge is -2.29. The third kappa shape index (κ3) is 2.46. The van der Waals surface area contributed by atoms with Gasteiger partial charge in [-0.15, -0.1) is 0 Å². The first-order valence-electron chi connectivity index (χ1n) is 6.33. The van der Waals surface area contributed by atoms with E-state index in [9.17, 15) is 9.59 Å². The summed E-state index contributed by atoms with van der Waals surface area (Å²) in [5.41, 5.74) is 0.490. The summed E-state index contributed by atoms with van der Waals surface area (Å²) in [6, 6.07) is 0.421. The molecule has 0 aromatic carbocycles. The van der Waals surface area contributed by atoms with Crippen LogP contribution < -0.4 is 0 Å². The first kappa shape index (κ1) is 12.2. The molecule has 19 heavy (non-hydrogen) atoms. The van der Waals surface area contributed by atoms with Crippen LogP contribution in [0.3, 0.4) is 0 Å². The number of nitrogens with zero attached hydrogens (tertiary/aromatic N) is 3. The monoisotopic (exact) mass is 265 g/mol. The molecule has 0 bridgehead atoms. The van der Waals surface area contributed by atoms with Crippen molar-refractivity contribution < 1.29 is 19.4 Å². The van der Waals surface area contributed by atoms with Crippen molar-refractivity contribution in [3.05, 3.63) is 18.0 Å². The summed E-state index contributed by atoms with van der Waals surface area (Å²) in [4.78, 5) is 24.3. The maximum absolute atomic E-state index is 12.2.